The van der Waals surface area contributed by atoms with E-state index in [0.717, 1.165) is 53.4 Å². The number of pyridine rings is 1. The number of aryl methyl sites for hydroxylation is 1. The molecular formula is C19H24N2O2S. The van der Waals surface area contributed by atoms with Gasteiger partial charge in [0.05, 0.1) is 10.5 Å². The number of thiophene rings is 1. The smallest absolute Gasteiger partial charge is 0.263 e. The Bertz CT molecular complexity index is 718. The maximum atomic E-state index is 12.8. The molecule has 5 heteroatoms. The normalized spacial score (nSPS) is 17.0. The summed E-state index contributed by atoms with van der Waals surface area (Å²) in [6.45, 7) is 8.46. The molecule has 0 saturated carbocycles. The van der Waals surface area contributed by atoms with Gasteiger partial charge in [0.15, 0.2) is 0 Å². The number of carbonyl (C=O) groups is 1. The highest BCUT2D eigenvalue weighted by Crippen LogP contribution is 2.32. The van der Waals surface area contributed by atoms with Crippen LogP contribution in [-0.4, -0.2) is 41.1 Å². The van der Waals surface area contributed by atoms with E-state index in [1.165, 1.54) is 0 Å². The standard InChI is InChI=1S/C19H24N2O2S/c1-4-23-19(3)8-11-21(12-9-19)18(22)17-6-5-16(24-17)15-7-10-20-13-14(15)2/h5-7,10,13H,4,8-9,11-12H2,1-3H3. The number of aromatic nitrogens is 1. The van der Waals surface area contributed by atoms with Crippen LogP contribution in [0.3, 0.4) is 0 Å². The first-order valence-electron chi connectivity index (χ1n) is 8.46. The zero-order valence-electron chi connectivity index (χ0n) is 14.5. The van der Waals surface area contributed by atoms with Crippen LogP contribution in [0.25, 0.3) is 10.4 Å². The summed E-state index contributed by atoms with van der Waals surface area (Å²) in [4.78, 5) is 20.8. The summed E-state index contributed by atoms with van der Waals surface area (Å²) in [5.74, 6) is 0.136. The number of nitrogens with zero attached hydrogens (tertiary/aromatic N) is 2. The lowest BCUT2D eigenvalue weighted by molar-refractivity contribution is -0.0611. The Labute approximate surface area is 147 Å². The van der Waals surface area contributed by atoms with Gasteiger partial charge in [0.2, 0.25) is 0 Å². The van der Waals surface area contributed by atoms with Crippen LogP contribution in [0.15, 0.2) is 30.6 Å². The second kappa shape index (κ2) is 7.03. The number of likely N-dealkylation sites (tertiary alicyclic amines) is 1. The second-order valence-electron chi connectivity index (χ2n) is 6.53. The molecule has 1 saturated heterocycles. The molecule has 3 heterocycles. The molecule has 2 aromatic heterocycles. The molecule has 1 fully saturated rings. The molecule has 0 unspecified atom stereocenters. The average Bonchev–Trinajstić information content (AvgIpc) is 3.05. The number of hydrogen-bond acceptors (Lipinski definition) is 4. The fourth-order valence-corrected chi connectivity index (χ4v) is 4.24. The lowest BCUT2D eigenvalue weighted by Gasteiger charge is -2.39. The molecule has 0 spiro atoms. The van der Waals surface area contributed by atoms with E-state index in [2.05, 4.69) is 11.9 Å². The molecule has 4 nitrogen and oxygen atoms in total. The van der Waals surface area contributed by atoms with Gasteiger partial charge in [-0.25, -0.2) is 0 Å². The number of rotatable bonds is 4. The topological polar surface area (TPSA) is 42.4 Å². The Hall–Kier alpha value is -1.72. The van der Waals surface area contributed by atoms with Crippen molar-refractivity contribution in [2.75, 3.05) is 19.7 Å². The van der Waals surface area contributed by atoms with Crippen molar-refractivity contribution in [1.82, 2.24) is 9.88 Å². The predicted octanol–water partition coefficient (Wildman–Crippen LogP) is 4.15. The van der Waals surface area contributed by atoms with Crippen LogP contribution in [0, 0.1) is 6.92 Å². The van der Waals surface area contributed by atoms with Crippen LogP contribution in [-0.2, 0) is 4.74 Å². The van der Waals surface area contributed by atoms with Crippen molar-refractivity contribution in [2.24, 2.45) is 0 Å². The van der Waals surface area contributed by atoms with Crippen LogP contribution >= 0.6 is 11.3 Å². The molecule has 2 aromatic rings. The minimum Gasteiger partial charge on any atom is -0.375 e. The highest BCUT2D eigenvalue weighted by atomic mass is 32.1. The van der Waals surface area contributed by atoms with Gasteiger partial charge >= 0.3 is 0 Å². The third-order valence-electron chi connectivity index (χ3n) is 4.70. The Morgan fingerprint density at radius 1 is 1.33 bits per heavy atom. The zero-order valence-corrected chi connectivity index (χ0v) is 15.4. The van der Waals surface area contributed by atoms with Crippen molar-refractivity contribution < 1.29 is 9.53 Å². The molecule has 0 aliphatic carbocycles. The summed E-state index contributed by atoms with van der Waals surface area (Å²) < 4.78 is 5.84. The number of piperidine rings is 1. The lowest BCUT2D eigenvalue weighted by Crippen LogP contribution is -2.46. The highest BCUT2D eigenvalue weighted by molar-refractivity contribution is 7.17. The van der Waals surface area contributed by atoms with E-state index in [4.69, 9.17) is 4.74 Å². The molecule has 1 aliphatic heterocycles. The molecule has 0 radical (unpaired) electrons. The van der Waals surface area contributed by atoms with Crippen molar-refractivity contribution in [1.29, 1.82) is 0 Å². The summed E-state index contributed by atoms with van der Waals surface area (Å²) in [5, 5.41) is 0. The van der Waals surface area contributed by atoms with Gasteiger partial charge in [0.1, 0.15) is 0 Å². The Kier molecular flexibility index (Phi) is 5.01. The van der Waals surface area contributed by atoms with E-state index < -0.39 is 0 Å². The number of hydrogen-bond donors (Lipinski definition) is 0. The van der Waals surface area contributed by atoms with Crippen LogP contribution in [0.4, 0.5) is 0 Å². The molecule has 0 atom stereocenters. The molecule has 0 N–H and O–H groups in total. The predicted molar refractivity (Wildman–Crippen MR) is 97.5 cm³/mol. The Morgan fingerprint density at radius 2 is 2.08 bits per heavy atom. The maximum Gasteiger partial charge on any atom is 0.263 e. The number of carbonyl (C=O) groups excluding carboxylic acids is 1. The van der Waals surface area contributed by atoms with E-state index in [1.807, 2.05) is 43.1 Å². The quantitative estimate of drug-likeness (QED) is 0.837. The van der Waals surface area contributed by atoms with Crippen LogP contribution < -0.4 is 0 Å². The first-order valence-corrected chi connectivity index (χ1v) is 9.28. The van der Waals surface area contributed by atoms with Gasteiger partial charge in [0, 0.05) is 37.0 Å². The lowest BCUT2D eigenvalue weighted by atomic mass is 9.93. The molecule has 128 valence electrons. The van der Waals surface area contributed by atoms with E-state index >= 15 is 0 Å². The summed E-state index contributed by atoms with van der Waals surface area (Å²) >= 11 is 1.56. The summed E-state index contributed by atoms with van der Waals surface area (Å²) in [7, 11) is 0. The number of amides is 1. The van der Waals surface area contributed by atoms with E-state index in [-0.39, 0.29) is 11.5 Å². The minimum absolute atomic E-state index is 0.0830. The molecule has 0 aromatic carbocycles. The van der Waals surface area contributed by atoms with Crippen LogP contribution in [0.1, 0.15) is 41.9 Å². The van der Waals surface area contributed by atoms with Gasteiger partial charge in [-0.15, -0.1) is 11.3 Å². The molecule has 1 amide bonds. The van der Waals surface area contributed by atoms with Gasteiger partial charge in [-0.1, -0.05) is 0 Å². The van der Waals surface area contributed by atoms with E-state index in [0.29, 0.717) is 0 Å². The summed E-state index contributed by atoms with van der Waals surface area (Å²) in [6.07, 6.45) is 5.45. The summed E-state index contributed by atoms with van der Waals surface area (Å²) in [6, 6.07) is 5.98. The Balaban J connectivity index is 1.70. The molecular weight excluding hydrogens is 320 g/mol. The fraction of sp³-hybridized carbons (Fsp3) is 0.474. The first kappa shape index (κ1) is 17.1. The average molecular weight is 344 g/mol. The SMILES string of the molecule is CCOC1(C)CCN(C(=O)c2ccc(-c3ccncc3C)s2)CC1. The van der Waals surface area contributed by atoms with Crippen molar-refractivity contribution in [3.63, 3.8) is 0 Å². The monoisotopic (exact) mass is 344 g/mol. The van der Waals surface area contributed by atoms with Crippen LogP contribution in [0.2, 0.25) is 0 Å². The summed E-state index contributed by atoms with van der Waals surface area (Å²) in [5.41, 5.74) is 2.20. The van der Waals surface area contributed by atoms with Crippen LogP contribution in [0.5, 0.6) is 0 Å². The third-order valence-corrected chi connectivity index (χ3v) is 5.81. The van der Waals surface area contributed by atoms with E-state index in [9.17, 15) is 4.79 Å². The van der Waals surface area contributed by atoms with Crippen molar-refractivity contribution >= 4 is 17.2 Å². The maximum absolute atomic E-state index is 12.8. The molecule has 0 bridgehead atoms. The van der Waals surface area contributed by atoms with Gasteiger partial charge < -0.3 is 9.64 Å². The Morgan fingerprint density at radius 3 is 2.75 bits per heavy atom. The van der Waals surface area contributed by atoms with Gasteiger partial charge in [-0.3, -0.25) is 9.78 Å². The van der Waals surface area contributed by atoms with Crippen molar-refractivity contribution in [3.05, 3.63) is 41.0 Å². The van der Waals surface area contributed by atoms with Gasteiger partial charge in [-0.05, 0) is 62.9 Å². The van der Waals surface area contributed by atoms with Crippen molar-refractivity contribution in [3.8, 4) is 10.4 Å². The molecule has 1 aliphatic rings. The largest absolute Gasteiger partial charge is 0.375 e. The molecule has 24 heavy (non-hydrogen) atoms. The van der Waals surface area contributed by atoms with E-state index in [1.54, 1.807) is 17.5 Å². The third kappa shape index (κ3) is 3.52. The molecule has 3 rings (SSSR count). The fourth-order valence-electron chi connectivity index (χ4n) is 3.18. The first-order chi connectivity index (χ1) is 11.5. The second-order valence-corrected chi connectivity index (χ2v) is 7.61. The van der Waals surface area contributed by atoms with Crippen molar-refractivity contribution in [2.45, 2.75) is 39.2 Å². The highest BCUT2D eigenvalue weighted by Gasteiger charge is 2.32. The zero-order chi connectivity index (χ0) is 17.2. The van der Waals surface area contributed by atoms with Gasteiger partial charge in [-0.2, -0.15) is 0 Å². The minimum atomic E-state index is -0.0830. The van der Waals surface area contributed by atoms with Gasteiger partial charge in [0.25, 0.3) is 5.91 Å². The number of ether oxygens (including phenoxy) is 1.